The molecule has 2 heterocycles. The molecule has 0 aliphatic heterocycles. The normalized spacial score (nSPS) is 11.1. The van der Waals surface area contributed by atoms with Crippen molar-refractivity contribution in [3.8, 4) is 5.69 Å². The highest BCUT2D eigenvalue weighted by Crippen LogP contribution is 2.25. The minimum Gasteiger partial charge on any atom is -0.464 e. The molecule has 6 nitrogen and oxygen atoms in total. The van der Waals surface area contributed by atoms with Crippen LogP contribution in [0.2, 0.25) is 0 Å². The third-order valence-electron chi connectivity index (χ3n) is 4.79. The molecule has 28 heavy (non-hydrogen) atoms. The summed E-state index contributed by atoms with van der Waals surface area (Å²) in [6.07, 6.45) is 1.69. The molecule has 2 aromatic carbocycles. The van der Waals surface area contributed by atoms with E-state index in [2.05, 4.69) is 21.2 Å². The number of carbonyl (C=O) groups is 1. The van der Waals surface area contributed by atoms with Crippen molar-refractivity contribution in [2.45, 2.75) is 13.3 Å². The fourth-order valence-corrected chi connectivity index (χ4v) is 3.62. The molecule has 1 amide bonds. The molecule has 7 heteroatoms. The van der Waals surface area contributed by atoms with E-state index >= 15 is 0 Å². The van der Waals surface area contributed by atoms with Gasteiger partial charge in [-0.1, -0.05) is 34.1 Å². The second kappa shape index (κ2) is 7.16. The smallest absolute Gasteiger partial charge is 0.295 e. The Labute approximate surface area is 169 Å². The Hall–Kier alpha value is -3.06. The van der Waals surface area contributed by atoms with Crippen LogP contribution in [0.15, 0.2) is 68.5 Å². The summed E-state index contributed by atoms with van der Waals surface area (Å²) in [5.41, 5.74) is 2.93. The summed E-state index contributed by atoms with van der Waals surface area (Å²) in [5.74, 6) is -0.270. The first-order valence-electron chi connectivity index (χ1n) is 8.75. The zero-order valence-electron chi connectivity index (χ0n) is 15.4. The Morgan fingerprint density at radius 1 is 1.18 bits per heavy atom. The van der Waals surface area contributed by atoms with E-state index in [1.165, 1.54) is 4.68 Å². The number of para-hydroxylation sites is 1. The maximum atomic E-state index is 12.9. The van der Waals surface area contributed by atoms with Crippen LogP contribution in [0.3, 0.4) is 0 Å². The van der Waals surface area contributed by atoms with Crippen molar-refractivity contribution in [2.24, 2.45) is 7.05 Å². The van der Waals surface area contributed by atoms with Crippen LogP contribution in [0.5, 0.6) is 0 Å². The second-order valence-electron chi connectivity index (χ2n) is 6.56. The van der Waals surface area contributed by atoms with Gasteiger partial charge in [0.25, 0.3) is 5.56 Å². The fraction of sp³-hybridized carbons (Fsp3) is 0.143. The average molecular weight is 440 g/mol. The summed E-state index contributed by atoms with van der Waals surface area (Å²) in [4.78, 5) is 25.6. The number of hydrogen-bond acceptors (Lipinski definition) is 3. The third kappa shape index (κ3) is 3.18. The van der Waals surface area contributed by atoms with Gasteiger partial charge >= 0.3 is 0 Å². The number of nitrogens with one attached hydrogen (secondary N) is 1. The zero-order chi connectivity index (χ0) is 19.8. The molecule has 4 aromatic rings. The highest BCUT2D eigenvalue weighted by atomic mass is 79.9. The van der Waals surface area contributed by atoms with E-state index in [0.29, 0.717) is 11.3 Å². The monoisotopic (exact) mass is 439 g/mol. The van der Waals surface area contributed by atoms with Gasteiger partial charge in [0.1, 0.15) is 11.3 Å². The lowest BCUT2D eigenvalue weighted by Crippen LogP contribution is -2.23. The van der Waals surface area contributed by atoms with Crippen molar-refractivity contribution < 1.29 is 9.21 Å². The number of rotatable bonds is 4. The lowest BCUT2D eigenvalue weighted by atomic mass is 10.1. The van der Waals surface area contributed by atoms with Crippen LogP contribution in [-0.4, -0.2) is 15.3 Å². The molecule has 0 saturated heterocycles. The molecular formula is C21H18BrN3O3. The quantitative estimate of drug-likeness (QED) is 0.518. The average Bonchev–Trinajstić information content (AvgIpc) is 3.16. The molecule has 0 atom stereocenters. The van der Waals surface area contributed by atoms with Crippen molar-refractivity contribution in [3.05, 3.63) is 80.9 Å². The number of anilines is 1. The number of fused-ring (bicyclic) bond motifs is 1. The van der Waals surface area contributed by atoms with Crippen molar-refractivity contribution in [2.75, 3.05) is 5.32 Å². The molecule has 0 aliphatic rings. The number of halogens is 1. The van der Waals surface area contributed by atoms with Gasteiger partial charge < -0.3 is 9.73 Å². The molecule has 142 valence electrons. The molecular weight excluding hydrogens is 422 g/mol. The van der Waals surface area contributed by atoms with Crippen LogP contribution < -0.4 is 10.9 Å². The minimum atomic E-state index is -0.270. The molecule has 1 N–H and O–H groups in total. The topological polar surface area (TPSA) is 69.2 Å². The number of hydrogen-bond donors (Lipinski definition) is 1. The van der Waals surface area contributed by atoms with Gasteiger partial charge in [-0.15, -0.1) is 0 Å². The maximum Gasteiger partial charge on any atom is 0.295 e. The van der Waals surface area contributed by atoms with Crippen LogP contribution in [0.25, 0.3) is 16.7 Å². The van der Waals surface area contributed by atoms with E-state index < -0.39 is 0 Å². The molecule has 4 rings (SSSR count). The number of benzene rings is 2. The maximum absolute atomic E-state index is 12.9. The van der Waals surface area contributed by atoms with Crippen LogP contribution in [0.4, 0.5) is 5.69 Å². The van der Waals surface area contributed by atoms with Gasteiger partial charge in [0.05, 0.1) is 24.1 Å². The highest BCUT2D eigenvalue weighted by molar-refractivity contribution is 9.10. The Morgan fingerprint density at radius 3 is 2.68 bits per heavy atom. The zero-order valence-corrected chi connectivity index (χ0v) is 17.0. The lowest BCUT2D eigenvalue weighted by Gasteiger charge is -2.07. The Morgan fingerprint density at radius 2 is 1.93 bits per heavy atom. The number of nitrogens with zero attached hydrogens (tertiary/aromatic N) is 2. The predicted molar refractivity (Wildman–Crippen MR) is 112 cm³/mol. The molecule has 0 fully saturated rings. The largest absolute Gasteiger partial charge is 0.464 e. The number of furan rings is 1. The van der Waals surface area contributed by atoms with Crippen LogP contribution in [-0.2, 0) is 18.3 Å². The molecule has 0 bridgehead atoms. The first-order valence-corrected chi connectivity index (χ1v) is 9.54. The molecule has 0 spiro atoms. The molecule has 0 radical (unpaired) electrons. The van der Waals surface area contributed by atoms with E-state index in [9.17, 15) is 9.59 Å². The summed E-state index contributed by atoms with van der Waals surface area (Å²) in [6, 6.07) is 15.0. The van der Waals surface area contributed by atoms with E-state index in [1.54, 1.807) is 24.9 Å². The standard InChI is InChI=1S/C21H18BrN3O3/c1-13-20(21(27)25(24(13)2)16-6-4-3-5-7-16)23-19(26)10-14-12-28-18-9-8-15(22)11-17(14)18/h3-9,11-12H,10H2,1-2H3,(H,23,26). The number of carbonyl (C=O) groups excluding carboxylic acids is 1. The fourth-order valence-electron chi connectivity index (χ4n) is 3.26. The Bertz CT molecular complexity index is 1240. The third-order valence-corrected chi connectivity index (χ3v) is 5.28. The van der Waals surface area contributed by atoms with Gasteiger partial charge in [-0.05, 0) is 37.3 Å². The number of aromatic nitrogens is 2. The summed E-state index contributed by atoms with van der Waals surface area (Å²) in [6.45, 7) is 1.81. The van der Waals surface area contributed by atoms with E-state index in [4.69, 9.17) is 4.42 Å². The molecule has 0 aliphatic carbocycles. The lowest BCUT2D eigenvalue weighted by molar-refractivity contribution is -0.115. The van der Waals surface area contributed by atoms with Crippen molar-refractivity contribution in [3.63, 3.8) is 0 Å². The number of amides is 1. The van der Waals surface area contributed by atoms with Gasteiger partial charge in [0.15, 0.2) is 0 Å². The Kier molecular flexibility index (Phi) is 4.68. The highest BCUT2D eigenvalue weighted by Gasteiger charge is 2.19. The van der Waals surface area contributed by atoms with E-state index in [-0.39, 0.29) is 23.6 Å². The minimum absolute atomic E-state index is 0.114. The van der Waals surface area contributed by atoms with Crippen LogP contribution >= 0.6 is 15.9 Å². The summed E-state index contributed by atoms with van der Waals surface area (Å²) >= 11 is 3.43. The van der Waals surface area contributed by atoms with Gasteiger partial charge in [0.2, 0.25) is 5.91 Å². The summed E-state index contributed by atoms with van der Waals surface area (Å²) < 4.78 is 9.69. The first kappa shape index (κ1) is 18.3. The second-order valence-corrected chi connectivity index (χ2v) is 7.48. The predicted octanol–water partition coefficient (Wildman–Crippen LogP) is 4.17. The molecule has 2 aromatic heterocycles. The van der Waals surface area contributed by atoms with E-state index in [0.717, 1.165) is 21.1 Å². The van der Waals surface area contributed by atoms with Gasteiger partial charge in [-0.3, -0.25) is 14.3 Å². The molecule has 0 unspecified atom stereocenters. The van der Waals surface area contributed by atoms with Crippen molar-refractivity contribution in [1.29, 1.82) is 0 Å². The van der Waals surface area contributed by atoms with Crippen LogP contribution in [0, 0.1) is 6.92 Å². The van der Waals surface area contributed by atoms with Gasteiger partial charge in [-0.25, -0.2) is 4.68 Å². The van der Waals surface area contributed by atoms with Crippen molar-refractivity contribution in [1.82, 2.24) is 9.36 Å². The van der Waals surface area contributed by atoms with Gasteiger partial charge in [0, 0.05) is 22.5 Å². The van der Waals surface area contributed by atoms with Gasteiger partial charge in [-0.2, -0.15) is 0 Å². The summed E-state index contributed by atoms with van der Waals surface area (Å²) in [5, 5.41) is 3.65. The van der Waals surface area contributed by atoms with E-state index in [1.807, 2.05) is 48.5 Å². The summed E-state index contributed by atoms with van der Waals surface area (Å²) in [7, 11) is 1.79. The molecule has 0 saturated carbocycles. The van der Waals surface area contributed by atoms with Crippen LogP contribution in [0.1, 0.15) is 11.3 Å². The SMILES string of the molecule is Cc1c(NC(=O)Cc2coc3ccc(Br)cc23)c(=O)n(-c2ccccc2)n1C. The first-order chi connectivity index (χ1) is 13.5. The Balaban J connectivity index is 1.63. The van der Waals surface area contributed by atoms with Crippen molar-refractivity contribution >= 4 is 38.5 Å².